The van der Waals surface area contributed by atoms with Crippen molar-refractivity contribution in [2.45, 2.75) is 6.61 Å². The van der Waals surface area contributed by atoms with Crippen LogP contribution in [-0.4, -0.2) is 35.1 Å². The van der Waals surface area contributed by atoms with E-state index in [2.05, 4.69) is 36.2 Å². The summed E-state index contributed by atoms with van der Waals surface area (Å²) in [5, 5.41) is 8.66. The van der Waals surface area contributed by atoms with Crippen molar-refractivity contribution in [1.82, 2.24) is 35.1 Å². The Morgan fingerprint density at radius 2 is 1.66 bits per heavy atom. The molecular weight excluding hydrogens is 474 g/mol. The molecule has 0 fully saturated rings. The molecule has 7 rings (SSSR count). The van der Waals surface area contributed by atoms with Gasteiger partial charge in [-0.05, 0) is 47.5 Å². The van der Waals surface area contributed by atoms with Crippen LogP contribution in [-0.2, 0) is 6.61 Å². The van der Waals surface area contributed by atoms with Crippen LogP contribution in [0.4, 0.5) is 0 Å². The van der Waals surface area contributed by atoms with Crippen molar-refractivity contribution in [2.75, 3.05) is 0 Å². The minimum absolute atomic E-state index is 0.484. The summed E-state index contributed by atoms with van der Waals surface area (Å²) in [6.07, 6.45) is 7.08. The van der Waals surface area contributed by atoms with Crippen molar-refractivity contribution >= 4 is 21.9 Å². The van der Waals surface area contributed by atoms with E-state index in [1.807, 2.05) is 79.0 Å². The number of aromatic amines is 2. The number of imidazole rings is 1. The number of pyridine rings is 3. The van der Waals surface area contributed by atoms with Crippen LogP contribution in [0.2, 0.25) is 0 Å². The summed E-state index contributed by atoms with van der Waals surface area (Å²) in [6, 6.07) is 25.9. The van der Waals surface area contributed by atoms with Gasteiger partial charge in [-0.1, -0.05) is 42.5 Å². The highest BCUT2D eigenvalue weighted by atomic mass is 16.5. The van der Waals surface area contributed by atoms with Crippen molar-refractivity contribution < 1.29 is 4.74 Å². The topological polar surface area (TPSA) is 105 Å². The van der Waals surface area contributed by atoms with Crippen molar-refractivity contribution in [3.05, 3.63) is 109 Å². The molecule has 0 saturated heterocycles. The smallest absolute Gasteiger partial charge is 0.159 e. The molecule has 0 aliphatic rings. The summed E-state index contributed by atoms with van der Waals surface area (Å²) in [7, 11) is 0. The first-order chi connectivity index (χ1) is 18.8. The second-order valence-corrected chi connectivity index (χ2v) is 8.87. The predicted molar refractivity (Wildman–Crippen MR) is 146 cm³/mol. The third-order valence-electron chi connectivity index (χ3n) is 6.39. The Hall–Kier alpha value is -5.37. The zero-order chi connectivity index (χ0) is 25.3. The lowest BCUT2D eigenvalue weighted by atomic mass is 10.0. The number of ether oxygens (including phenoxy) is 1. The minimum Gasteiger partial charge on any atom is -0.487 e. The van der Waals surface area contributed by atoms with E-state index in [0.29, 0.717) is 18.2 Å². The number of hydrogen-bond donors (Lipinski definition) is 2. The van der Waals surface area contributed by atoms with Gasteiger partial charge in [0.05, 0.1) is 22.9 Å². The Morgan fingerprint density at radius 1 is 0.737 bits per heavy atom. The zero-order valence-electron chi connectivity index (χ0n) is 20.2. The molecule has 0 spiro atoms. The Kier molecular flexibility index (Phi) is 5.33. The maximum Gasteiger partial charge on any atom is 0.159 e. The average molecular weight is 496 g/mol. The van der Waals surface area contributed by atoms with Crippen LogP contribution in [0, 0.1) is 0 Å². The van der Waals surface area contributed by atoms with E-state index >= 15 is 0 Å². The molecule has 0 aliphatic carbocycles. The Labute approximate surface area is 217 Å². The lowest BCUT2D eigenvalue weighted by Gasteiger charge is -2.08. The molecule has 0 radical (unpaired) electrons. The fourth-order valence-electron chi connectivity index (χ4n) is 4.51. The third kappa shape index (κ3) is 4.04. The van der Waals surface area contributed by atoms with E-state index in [1.165, 1.54) is 0 Å². The van der Waals surface area contributed by atoms with E-state index in [-0.39, 0.29) is 0 Å². The first-order valence-corrected chi connectivity index (χ1v) is 12.2. The lowest BCUT2D eigenvalue weighted by molar-refractivity contribution is 0.305. The monoisotopic (exact) mass is 495 g/mol. The van der Waals surface area contributed by atoms with Crippen LogP contribution in [0.25, 0.3) is 56.0 Å². The van der Waals surface area contributed by atoms with Gasteiger partial charge in [0.25, 0.3) is 0 Å². The highest BCUT2D eigenvalue weighted by Gasteiger charge is 2.17. The molecule has 7 aromatic rings. The molecule has 0 amide bonds. The van der Waals surface area contributed by atoms with Crippen LogP contribution in [0.3, 0.4) is 0 Å². The van der Waals surface area contributed by atoms with Gasteiger partial charge in [-0.25, -0.2) is 4.98 Å². The number of nitrogens with one attached hydrogen (secondary N) is 2. The molecule has 182 valence electrons. The van der Waals surface area contributed by atoms with E-state index < -0.39 is 0 Å². The lowest BCUT2D eigenvalue weighted by Crippen LogP contribution is -1.95. The molecule has 8 nitrogen and oxygen atoms in total. The van der Waals surface area contributed by atoms with E-state index in [0.717, 1.165) is 55.7 Å². The van der Waals surface area contributed by atoms with Gasteiger partial charge in [0.15, 0.2) is 5.82 Å². The van der Waals surface area contributed by atoms with E-state index in [9.17, 15) is 0 Å². The number of aromatic nitrogens is 7. The summed E-state index contributed by atoms with van der Waals surface area (Å²) in [4.78, 5) is 21.7. The molecule has 0 atom stereocenters. The van der Waals surface area contributed by atoms with Crippen LogP contribution in [0.15, 0.2) is 104 Å². The van der Waals surface area contributed by atoms with Gasteiger partial charge in [-0.15, -0.1) is 0 Å². The Bertz CT molecular complexity index is 1880. The highest BCUT2D eigenvalue weighted by Crippen LogP contribution is 2.32. The second kappa shape index (κ2) is 9.25. The minimum atomic E-state index is 0.484. The van der Waals surface area contributed by atoms with E-state index in [1.54, 1.807) is 18.6 Å². The molecule has 2 N–H and O–H groups in total. The number of benzene rings is 2. The molecule has 0 unspecified atom stereocenters. The summed E-state index contributed by atoms with van der Waals surface area (Å²) in [5.41, 5.74) is 7.83. The first-order valence-electron chi connectivity index (χ1n) is 12.2. The third-order valence-corrected chi connectivity index (χ3v) is 6.39. The SMILES string of the molecule is c1ccc(COc2cncc(-c3ccc4[nH]nc(-c5nc6c(-c7ccccn7)nccc6[nH]5)c4c3)c2)cc1. The van der Waals surface area contributed by atoms with Gasteiger partial charge in [0, 0.05) is 29.5 Å². The Morgan fingerprint density at radius 3 is 2.55 bits per heavy atom. The number of nitrogens with zero attached hydrogens (tertiary/aromatic N) is 5. The van der Waals surface area contributed by atoms with Crippen LogP contribution in [0.1, 0.15) is 5.56 Å². The van der Waals surface area contributed by atoms with Gasteiger partial charge in [-0.3, -0.25) is 20.1 Å². The number of fused-ring (bicyclic) bond motifs is 2. The van der Waals surface area contributed by atoms with Crippen molar-refractivity contribution in [2.24, 2.45) is 0 Å². The summed E-state index contributed by atoms with van der Waals surface area (Å²) < 4.78 is 5.99. The van der Waals surface area contributed by atoms with Gasteiger partial charge in [-0.2, -0.15) is 5.10 Å². The quantitative estimate of drug-likeness (QED) is 0.284. The molecule has 38 heavy (non-hydrogen) atoms. The number of rotatable bonds is 6. The summed E-state index contributed by atoms with van der Waals surface area (Å²) in [5.74, 6) is 1.37. The fourth-order valence-corrected chi connectivity index (χ4v) is 4.51. The van der Waals surface area contributed by atoms with Gasteiger partial charge < -0.3 is 9.72 Å². The first kappa shape index (κ1) is 21.9. The standard InChI is InChI=1S/C30H21N7O/c1-2-6-19(7-3-1)18-38-22-14-21(16-31-17-22)20-9-10-24-23(15-20)27(37-36-24)30-34-26-11-13-33-28(29(26)35-30)25-8-4-5-12-32-25/h1-17H,18H2,(H,34,35)(H,36,37). The van der Waals surface area contributed by atoms with Crippen molar-refractivity contribution in [3.63, 3.8) is 0 Å². The van der Waals surface area contributed by atoms with Crippen LogP contribution >= 0.6 is 0 Å². The van der Waals surface area contributed by atoms with Crippen molar-refractivity contribution in [1.29, 1.82) is 0 Å². The highest BCUT2D eigenvalue weighted by molar-refractivity contribution is 5.97. The molecular formula is C30H21N7O. The molecule has 0 bridgehead atoms. The summed E-state index contributed by atoms with van der Waals surface area (Å²) in [6.45, 7) is 0.484. The van der Waals surface area contributed by atoms with Gasteiger partial charge >= 0.3 is 0 Å². The molecule has 5 heterocycles. The number of hydrogen-bond acceptors (Lipinski definition) is 6. The van der Waals surface area contributed by atoms with Crippen LogP contribution < -0.4 is 4.74 Å². The zero-order valence-corrected chi connectivity index (χ0v) is 20.2. The van der Waals surface area contributed by atoms with Gasteiger partial charge in [0.1, 0.15) is 29.3 Å². The fraction of sp³-hybridized carbons (Fsp3) is 0.0333. The largest absolute Gasteiger partial charge is 0.487 e. The molecule has 5 aromatic heterocycles. The molecule has 0 aliphatic heterocycles. The van der Waals surface area contributed by atoms with E-state index in [4.69, 9.17) is 9.72 Å². The van der Waals surface area contributed by atoms with Gasteiger partial charge in [0.2, 0.25) is 0 Å². The number of H-pyrrole nitrogens is 2. The van der Waals surface area contributed by atoms with Crippen molar-refractivity contribution in [3.8, 4) is 39.8 Å². The molecule has 8 heteroatoms. The molecule has 0 saturated carbocycles. The predicted octanol–water partition coefficient (Wildman–Crippen LogP) is 6.20. The normalized spacial score (nSPS) is 11.3. The molecule has 2 aromatic carbocycles. The Balaban J connectivity index is 1.24. The second-order valence-electron chi connectivity index (χ2n) is 8.87. The summed E-state index contributed by atoms with van der Waals surface area (Å²) >= 11 is 0. The maximum atomic E-state index is 5.99. The maximum absolute atomic E-state index is 5.99. The van der Waals surface area contributed by atoms with Crippen LogP contribution in [0.5, 0.6) is 5.75 Å². The average Bonchev–Trinajstić information content (AvgIpc) is 3.61.